The molecule has 128 valence electrons. The van der Waals surface area contributed by atoms with Gasteiger partial charge in [0.25, 0.3) is 0 Å². The Hall–Kier alpha value is 0.0300. The van der Waals surface area contributed by atoms with E-state index in [1.807, 2.05) is 6.92 Å². The zero-order valence-electron chi connectivity index (χ0n) is 13.5. The van der Waals surface area contributed by atoms with Crippen LogP contribution in [0, 0.1) is 0 Å². The number of hydrogen-bond acceptors (Lipinski definition) is 4. The molecule has 0 aliphatic rings. The second-order valence-electron chi connectivity index (χ2n) is 5.36. The number of unbranched alkanes of at least 4 members (excludes halogenated alkanes) is 4. The Morgan fingerprint density at radius 2 is 1.67 bits per heavy atom. The topological polar surface area (TPSA) is 85.2 Å². The Kier molecular flexibility index (Phi) is 12.6. The predicted molar refractivity (Wildman–Crippen MR) is 82.2 cm³/mol. The van der Waals surface area contributed by atoms with E-state index in [1.165, 1.54) is 32.1 Å². The smallest absolute Gasteiger partial charge is 0.376 e. The molecule has 21 heavy (non-hydrogen) atoms. The van der Waals surface area contributed by atoms with Gasteiger partial charge in [-0.2, -0.15) is 0 Å². The molecule has 0 aliphatic heterocycles. The molecule has 6 nitrogen and oxygen atoms in total. The Bertz CT molecular complexity index is 281. The fraction of sp³-hybridized carbons (Fsp3) is 1.00. The molecule has 0 aliphatic carbocycles. The Morgan fingerprint density at radius 1 is 1.00 bits per heavy atom. The van der Waals surface area contributed by atoms with E-state index in [9.17, 15) is 4.57 Å². The quantitative estimate of drug-likeness (QED) is 0.376. The fourth-order valence-corrected chi connectivity index (χ4v) is 2.32. The summed E-state index contributed by atoms with van der Waals surface area (Å²) in [6.07, 6.45) is 7.51. The van der Waals surface area contributed by atoms with Crippen LogP contribution in [0.5, 0.6) is 0 Å². The van der Waals surface area contributed by atoms with Crippen molar-refractivity contribution in [3.8, 4) is 0 Å². The highest BCUT2D eigenvalue weighted by Crippen LogP contribution is 2.35. The Labute approximate surface area is 128 Å². The minimum atomic E-state index is -4.38. The maximum absolute atomic E-state index is 10.4. The van der Waals surface area contributed by atoms with Crippen LogP contribution in [0.4, 0.5) is 0 Å². The maximum atomic E-state index is 10.4. The molecule has 0 fully saturated rings. The summed E-state index contributed by atoms with van der Waals surface area (Å²) in [5, 5.41) is 0. The fourth-order valence-electron chi connectivity index (χ4n) is 2.00. The normalized spacial score (nSPS) is 15.1. The van der Waals surface area contributed by atoms with Gasteiger partial charge in [-0.25, -0.2) is 4.57 Å². The van der Waals surface area contributed by atoms with Gasteiger partial charge in [0.2, 0.25) is 0 Å². The minimum absolute atomic E-state index is 0.0364. The highest BCUT2D eigenvalue weighted by molar-refractivity contribution is 7.46. The zero-order chi connectivity index (χ0) is 16.1. The van der Waals surface area contributed by atoms with Crippen LogP contribution >= 0.6 is 7.82 Å². The van der Waals surface area contributed by atoms with E-state index in [0.29, 0.717) is 6.61 Å². The zero-order valence-corrected chi connectivity index (χ0v) is 14.4. The summed E-state index contributed by atoms with van der Waals surface area (Å²) in [6, 6.07) is 0. The molecule has 0 saturated carbocycles. The highest BCUT2D eigenvalue weighted by atomic mass is 31.2. The molecule has 0 aromatic heterocycles. The monoisotopic (exact) mass is 326 g/mol. The van der Waals surface area contributed by atoms with Gasteiger partial charge in [0.05, 0.1) is 32.0 Å². The van der Waals surface area contributed by atoms with Crippen LogP contribution in [0.2, 0.25) is 0 Å². The minimum Gasteiger partial charge on any atom is -0.376 e. The molecule has 0 aromatic carbocycles. The molecule has 2 atom stereocenters. The van der Waals surface area contributed by atoms with E-state index >= 15 is 0 Å². The first-order valence-corrected chi connectivity index (χ1v) is 9.31. The molecular weight excluding hydrogens is 295 g/mol. The maximum Gasteiger partial charge on any atom is 0.469 e. The van der Waals surface area contributed by atoms with Crippen molar-refractivity contribution in [1.29, 1.82) is 0 Å². The first kappa shape index (κ1) is 21.0. The molecule has 0 amide bonds. The average Bonchev–Trinajstić information content (AvgIpc) is 2.36. The third kappa shape index (κ3) is 16.2. The van der Waals surface area contributed by atoms with Crippen LogP contribution < -0.4 is 0 Å². The number of hydrogen-bond donors (Lipinski definition) is 2. The van der Waals surface area contributed by atoms with Crippen molar-refractivity contribution < 1.29 is 28.3 Å². The molecule has 0 spiro atoms. The number of phosphoric ester groups is 1. The van der Waals surface area contributed by atoms with Gasteiger partial charge >= 0.3 is 7.82 Å². The molecule has 0 saturated heterocycles. The van der Waals surface area contributed by atoms with Crippen molar-refractivity contribution in [2.45, 2.75) is 71.5 Å². The molecule has 0 aromatic rings. The van der Waals surface area contributed by atoms with Gasteiger partial charge in [0.1, 0.15) is 0 Å². The van der Waals surface area contributed by atoms with Gasteiger partial charge in [0, 0.05) is 0 Å². The number of phosphoric acid groups is 1. The SMILES string of the molecule is CCCCCCCC(C)OC(C)COCCOP(=O)(O)O. The van der Waals surface area contributed by atoms with E-state index in [4.69, 9.17) is 19.3 Å². The second-order valence-corrected chi connectivity index (χ2v) is 6.60. The van der Waals surface area contributed by atoms with Gasteiger partial charge in [0.15, 0.2) is 0 Å². The van der Waals surface area contributed by atoms with Crippen LogP contribution in [0.25, 0.3) is 0 Å². The summed E-state index contributed by atoms with van der Waals surface area (Å²) >= 11 is 0. The highest BCUT2D eigenvalue weighted by Gasteiger charge is 2.13. The molecule has 0 radical (unpaired) electrons. The van der Waals surface area contributed by atoms with Crippen LogP contribution in [0.15, 0.2) is 0 Å². The van der Waals surface area contributed by atoms with Crippen LogP contribution in [-0.2, 0) is 18.6 Å². The molecule has 0 rings (SSSR count). The van der Waals surface area contributed by atoms with Gasteiger partial charge < -0.3 is 19.3 Å². The lowest BCUT2D eigenvalue weighted by molar-refractivity contribution is -0.0486. The molecule has 7 heteroatoms. The first-order chi connectivity index (χ1) is 9.85. The lowest BCUT2D eigenvalue weighted by atomic mass is 10.1. The summed E-state index contributed by atoms with van der Waals surface area (Å²) in [5.41, 5.74) is 0. The lowest BCUT2D eigenvalue weighted by Gasteiger charge is -2.19. The van der Waals surface area contributed by atoms with E-state index in [2.05, 4.69) is 18.4 Å². The van der Waals surface area contributed by atoms with Gasteiger partial charge in [-0.1, -0.05) is 39.0 Å². The van der Waals surface area contributed by atoms with Gasteiger partial charge in [-0.3, -0.25) is 4.52 Å². The molecule has 0 heterocycles. The standard InChI is InChI=1S/C14H31O6P/c1-4-5-6-7-8-9-13(2)20-14(3)12-18-10-11-19-21(15,16)17/h13-14H,4-12H2,1-3H3,(H2,15,16,17). The van der Waals surface area contributed by atoms with Gasteiger partial charge in [-0.15, -0.1) is 0 Å². The summed E-state index contributed by atoms with van der Waals surface area (Å²) in [5.74, 6) is 0. The summed E-state index contributed by atoms with van der Waals surface area (Å²) in [4.78, 5) is 17.0. The van der Waals surface area contributed by atoms with Crippen LogP contribution in [0.1, 0.15) is 59.3 Å². The largest absolute Gasteiger partial charge is 0.469 e. The Morgan fingerprint density at radius 3 is 2.29 bits per heavy atom. The number of rotatable bonds is 14. The van der Waals surface area contributed by atoms with E-state index in [0.717, 1.165) is 6.42 Å². The summed E-state index contributed by atoms with van der Waals surface area (Å²) in [6.45, 7) is 6.61. The van der Waals surface area contributed by atoms with Crippen molar-refractivity contribution >= 4 is 7.82 Å². The van der Waals surface area contributed by atoms with Crippen molar-refractivity contribution in [2.24, 2.45) is 0 Å². The van der Waals surface area contributed by atoms with E-state index in [1.54, 1.807) is 0 Å². The molecular formula is C14H31O6P. The van der Waals surface area contributed by atoms with Crippen molar-refractivity contribution in [2.75, 3.05) is 19.8 Å². The molecule has 2 N–H and O–H groups in total. The summed E-state index contributed by atoms with van der Waals surface area (Å²) < 4.78 is 25.8. The predicted octanol–water partition coefficient (Wildman–Crippen LogP) is 3.27. The van der Waals surface area contributed by atoms with Crippen molar-refractivity contribution in [1.82, 2.24) is 0 Å². The second kappa shape index (κ2) is 12.6. The van der Waals surface area contributed by atoms with Crippen molar-refractivity contribution in [3.05, 3.63) is 0 Å². The third-order valence-corrected chi connectivity index (χ3v) is 3.54. The summed E-state index contributed by atoms with van der Waals surface area (Å²) in [7, 11) is -4.38. The van der Waals surface area contributed by atoms with E-state index < -0.39 is 7.82 Å². The molecule has 0 bridgehead atoms. The third-order valence-electron chi connectivity index (χ3n) is 3.02. The lowest BCUT2D eigenvalue weighted by Crippen LogP contribution is -2.22. The van der Waals surface area contributed by atoms with Crippen molar-refractivity contribution in [3.63, 3.8) is 0 Å². The van der Waals surface area contributed by atoms with E-state index in [-0.39, 0.29) is 25.4 Å². The van der Waals surface area contributed by atoms with Crippen LogP contribution in [0.3, 0.4) is 0 Å². The Balaban J connectivity index is 3.47. The first-order valence-electron chi connectivity index (χ1n) is 7.78. The number of ether oxygens (including phenoxy) is 2. The molecule has 2 unspecified atom stereocenters. The average molecular weight is 326 g/mol. The van der Waals surface area contributed by atoms with Gasteiger partial charge in [-0.05, 0) is 20.3 Å². The van der Waals surface area contributed by atoms with Crippen LogP contribution in [-0.4, -0.2) is 41.8 Å².